The van der Waals surface area contributed by atoms with Gasteiger partial charge >= 0.3 is 0 Å². The molecule has 0 saturated carbocycles. The van der Waals surface area contributed by atoms with Crippen LogP contribution in [0.25, 0.3) is 0 Å². The second-order valence-electron chi connectivity index (χ2n) is 3.34. The van der Waals surface area contributed by atoms with Gasteiger partial charge in [0.25, 0.3) is 0 Å². The summed E-state index contributed by atoms with van der Waals surface area (Å²) in [4.78, 5) is 0.195. The Kier molecular flexibility index (Phi) is 3.12. The van der Waals surface area contributed by atoms with Gasteiger partial charge in [-0.2, -0.15) is 0 Å². The Labute approximate surface area is 106 Å². The van der Waals surface area contributed by atoms with E-state index < -0.39 is 5.82 Å². The second-order valence-corrected chi connectivity index (χ2v) is 4.69. The molecule has 2 aromatic rings. The van der Waals surface area contributed by atoms with Gasteiger partial charge in [0, 0.05) is 7.05 Å². The Balaban J connectivity index is 2.47. The van der Waals surface area contributed by atoms with Crippen LogP contribution in [0, 0.1) is 5.82 Å². The number of nitrogens with zero attached hydrogens (tertiary/aromatic N) is 3. The van der Waals surface area contributed by atoms with E-state index in [1.807, 2.05) is 0 Å². The molecule has 2 rings (SSSR count). The number of aryl methyl sites for hydroxylation is 1. The van der Waals surface area contributed by atoms with Gasteiger partial charge in [-0.25, -0.2) is 4.39 Å². The first kappa shape index (κ1) is 12.0. The van der Waals surface area contributed by atoms with Crippen molar-refractivity contribution in [2.75, 3.05) is 11.5 Å². The van der Waals surface area contributed by atoms with Crippen LogP contribution in [-0.4, -0.2) is 14.8 Å². The van der Waals surface area contributed by atoms with E-state index in [1.54, 1.807) is 11.6 Å². The number of nitrogens with two attached hydrogens (primary N) is 2. The van der Waals surface area contributed by atoms with Crippen LogP contribution >= 0.6 is 23.4 Å². The lowest BCUT2D eigenvalue weighted by atomic mass is 10.3. The van der Waals surface area contributed by atoms with Crippen molar-refractivity contribution in [1.29, 1.82) is 0 Å². The minimum atomic E-state index is -0.642. The van der Waals surface area contributed by atoms with Gasteiger partial charge in [0.2, 0.25) is 0 Å². The first-order valence-electron chi connectivity index (χ1n) is 4.55. The Hall–Kier alpha value is -1.47. The molecule has 4 N–H and O–H groups in total. The summed E-state index contributed by atoms with van der Waals surface area (Å²) in [6.07, 6.45) is 1.51. The number of rotatable bonds is 2. The fourth-order valence-corrected chi connectivity index (χ4v) is 2.24. The van der Waals surface area contributed by atoms with E-state index in [9.17, 15) is 4.39 Å². The highest BCUT2D eigenvalue weighted by Gasteiger charge is 2.17. The molecular weight excluding hydrogens is 265 g/mol. The summed E-state index contributed by atoms with van der Waals surface area (Å²) in [5.74, 6) is -0.642. The molecular formula is C9H9ClFN5S. The van der Waals surface area contributed by atoms with Crippen molar-refractivity contribution in [3.8, 4) is 0 Å². The fourth-order valence-electron chi connectivity index (χ4n) is 1.21. The van der Waals surface area contributed by atoms with Crippen LogP contribution in [-0.2, 0) is 7.05 Å². The third kappa shape index (κ3) is 2.16. The van der Waals surface area contributed by atoms with Crippen molar-refractivity contribution in [2.24, 2.45) is 7.05 Å². The molecule has 0 aliphatic rings. The van der Waals surface area contributed by atoms with Gasteiger partial charge in [0.1, 0.15) is 11.3 Å². The van der Waals surface area contributed by atoms with Crippen LogP contribution < -0.4 is 11.5 Å². The lowest BCUT2D eigenvalue weighted by Crippen LogP contribution is -1.99. The fraction of sp³-hybridized carbons (Fsp3) is 0.111. The average Bonchev–Trinajstić information content (AvgIpc) is 2.67. The highest BCUT2D eigenvalue weighted by atomic mass is 35.5. The standard InChI is InChI=1S/C9H9ClFN5S/c1-16-3-14-15-9(16)17-8-5(13)2-4(12)6(10)7(8)11/h2-3H,12-13H2,1H3. The van der Waals surface area contributed by atoms with E-state index in [0.717, 1.165) is 11.8 Å². The van der Waals surface area contributed by atoms with Gasteiger partial charge in [0.05, 0.1) is 16.3 Å². The molecule has 0 unspecified atom stereocenters. The quantitative estimate of drug-likeness (QED) is 0.817. The molecule has 8 heteroatoms. The smallest absolute Gasteiger partial charge is 0.195 e. The minimum Gasteiger partial charge on any atom is -0.398 e. The van der Waals surface area contributed by atoms with Gasteiger partial charge < -0.3 is 16.0 Å². The lowest BCUT2D eigenvalue weighted by molar-refractivity contribution is 0.604. The lowest BCUT2D eigenvalue weighted by Gasteiger charge is -2.09. The number of aromatic nitrogens is 3. The molecule has 1 heterocycles. The van der Waals surface area contributed by atoms with Gasteiger partial charge in [-0.1, -0.05) is 11.6 Å². The Bertz CT molecular complexity index is 571. The summed E-state index contributed by atoms with van der Waals surface area (Å²) in [6.45, 7) is 0. The van der Waals surface area contributed by atoms with Gasteiger partial charge in [-0.15, -0.1) is 10.2 Å². The van der Waals surface area contributed by atoms with Crippen LogP contribution in [0.5, 0.6) is 0 Å². The van der Waals surface area contributed by atoms with Crippen molar-refractivity contribution in [2.45, 2.75) is 10.1 Å². The van der Waals surface area contributed by atoms with E-state index in [2.05, 4.69) is 10.2 Å². The molecule has 0 saturated heterocycles. The Morgan fingerprint density at radius 3 is 2.71 bits per heavy atom. The zero-order valence-corrected chi connectivity index (χ0v) is 10.4. The molecule has 0 atom stereocenters. The van der Waals surface area contributed by atoms with Crippen LogP contribution in [0.3, 0.4) is 0 Å². The van der Waals surface area contributed by atoms with Crippen molar-refractivity contribution in [1.82, 2.24) is 14.8 Å². The summed E-state index contributed by atoms with van der Waals surface area (Å²) in [7, 11) is 1.75. The maximum absolute atomic E-state index is 13.9. The molecule has 0 aliphatic heterocycles. The SMILES string of the molecule is Cn1cnnc1Sc1c(N)cc(N)c(Cl)c1F. The molecule has 1 aromatic heterocycles. The van der Waals surface area contributed by atoms with Gasteiger partial charge in [0.15, 0.2) is 11.0 Å². The van der Waals surface area contributed by atoms with E-state index in [-0.39, 0.29) is 21.3 Å². The summed E-state index contributed by atoms with van der Waals surface area (Å²) in [6, 6.07) is 1.42. The zero-order chi connectivity index (χ0) is 12.6. The van der Waals surface area contributed by atoms with Crippen LogP contribution in [0.2, 0.25) is 5.02 Å². The number of hydrogen-bond acceptors (Lipinski definition) is 5. The summed E-state index contributed by atoms with van der Waals surface area (Å²) in [5.41, 5.74) is 11.5. The first-order valence-corrected chi connectivity index (χ1v) is 5.75. The van der Waals surface area contributed by atoms with Gasteiger partial charge in [-0.3, -0.25) is 0 Å². The van der Waals surface area contributed by atoms with Gasteiger partial charge in [-0.05, 0) is 17.8 Å². The van der Waals surface area contributed by atoms with Crippen molar-refractivity contribution in [3.63, 3.8) is 0 Å². The average molecular weight is 274 g/mol. The summed E-state index contributed by atoms with van der Waals surface area (Å²) in [5, 5.41) is 7.89. The van der Waals surface area contributed by atoms with E-state index in [1.165, 1.54) is 12.4 Å². The molecule has 0 amide bonds. The molecule has 0 fully saturated rings. The topological polar surface area (TPSA) is 82.8 Å². The molecule has 0 spiro atoms. The number of halogens is 2. The number of anilines is 2. The first-order chi connectivity index (χ1) is 8.00. The van der Waals surface area contributed by atoms with Crippen LogP contribution in [0.4, 0.5) is 15.8 Å². The summed E-state index contributed by atoms with van der Waals surface area (Å²) < 4.78 is 15.5. The van der Waals surface area contributed by atoms with E-state index in [0.29, 0.717) is 5.16 Å². The van der Waals surface area contributed by atoms with Crippen molar-refractivity contribution >= 4 is 34.7 Å². The number of benzene rings is 1. The highest BCUT2D eigenvalue weighted by Crippen LogP contribution is 2.38. The number of nitrogen functional groups attached to an aromatic ring is 2. The monoisotopic (exact) mass is 273 g/mol. The molecule has 0 aliphatic carbocycles. The Morgan fingerprint density at radius 2 is 2.12 bits per heavy atom. The molecule has 5 nitrogen and oxygen atoms in total. The normalized spacial score (nSPS) is 10.8. The van der Waals surface area contributed by atoms with E-state index in [4.69, 9.17) is 23.1 Å². The molecule has 1 aromatic carbocycles. The molecule has 0 bridgehead atoms. The maximum Gasteiger partial charge on any atom is 0.195 e. The largest absolute Gasteiger partial charge is 0.398 e. The van der Waals surface area contributed by atoms with Crippen molar-refractivity contribution < 1.29 is 4.39 Å². The molecule has 17 heavy (non-hydrogen) atoms. The maximum atomic E-state index is 13.9. The zero-order valence-electron chi connectivity index (χ0n) is 8.82. The molecule has 0 radical (unpaired) electrons. The Morgan fingerprint density at radius 1 is 1.41 bits per heavy atom. The minimum absolute atomic E-state index is 0.115. The number of hydrogen-bond donors (Lipinski definition) is 2. The summed E-state index contributed by atoms with van der Waals surface area (Å²) >= 11 is 6.77. The predicted octanol–water partition coefficient (Wildman–Crippen LogP) is 1.92. The second kappa shape index (κ2) is 4.42. The predicted molar refractivity (Wildman–Crippen MR) is 65.4 cm³/mol. The van der Waals surface area contributed by atoms with Crippen LogP contribution in [0.1, 0.15) is 0 Å². The van der Waals surface area contributed by atoms with Crippen LogP contribution in [0.15, 0.2) is 22.4 Å². The third-order valence-electron chi connectivity index (χ3n) is 2.08. The van der Waals surface area contributed by atoms with Crippen molar-refractivity contribution in [3.05, 3.63) is 23.2 Å². The highest BCUT2D eigenvalue weighted by molar-refractivity contribution is 7.99. The molecule has 90 valence electrons. The third-order valence-corrected chi connectivity index (χ3v) is 3.64. The van der Waals surface area contributed by atoms with E-state index >= 15 is 0 Å².